The summed E-state index contributed by atoms with van der Waals surface area (Å²) >= 11 is 0. The number of carbonyl (C=O) groups is 1. The molecule has 0 saturated heterocycles. The first-order valence-corrected chi connectivity index (χ1v) is 9.39. The maximum Gasteiger partial charge on any atom is 0.258 e. The number of nitrogens with zero attached hydrogens (tertiary/aromatic N) is 2. The van der Waals surface area contributed by atoms with Crippen LogP contribution in [0.5, 0.6) is 11.6 Å². The molecule has 0 spiro atoms. The van der Waals surface area contributed by atoms with Crippen LogP contribution in [-0.4, -0.2) is 10.9 Å². The number of hydrogen-bond donors (Lipinski definition) is 0. The summed E-state index contributed by atoms with van der Waals surface area (Å²) in [5.74, 6) is 0.968. The van der Waals surface area contributed by atoms with Crippen molar-refractivity contribution in [2.75, 3.05) is 4.90 Å². The molecule has 0 aliphatic rings. The molecule has 4 rings (SSSR count). The second-order valence-electron chi connectivity index (χ2n) is 6.51. The normalized spacial score (nSPS) is 10.3. The summed E-state index contributed by atoms with van der Waals surface area (Å²) in [6.07, 6.45) is 1.67. The van der Waals surface area contributed by atoms with Gasteiger partial charge in [-0.25, -0.2) is 4.98 Å². The lowest BCUT2D eigenvalue weighted by Crippen LogP contribution is -2.30. The van der Waals surface area contributed by atoms with Crippen molar-refractivity contribution in [3.63, 3.8) is 0 Å². The summed E-state index contributed by atoms with van der Waals surface area (Å²) < 4.78 is 5.79. The van der Waals surface area contributed by atoms with Gasteiger partial charge in [-0.05, 0) is 42.0 Å². The van der Waals surface area contributed by atoms with Gasteiger partial charge in [0.1, 0.15) is 5.75 Å². The van der Waals surface area contributed by atoms with Crippen LogP contribution in [0.25, 0.3) is 0 Å². The lowest BCUT2D eigenvalue weighted by molar-refractivity contribution is 0.0985. The minimum atomic E-state index is -0.0912. The number of rotatable bonds is 6. The second-order valence-corrected chi connectivity index (χ2v) is 6.51. The number of anilines is 1. The van der Waals surface area contributed by atoms with E-state index in [1.54, 1.807) is 29.3 Å². The molecule has 0 unspecified atom stereocenters. The molecule has 4 aromatic rings. The Hall–Kier alpha value is -3.92. The van der Waals surface area contributed by atoms with Gasteiger partial charge < -0.3 is 9.64 Å². The number of pyridine rings is 1. The van der Waals surface area contributed by atoms with Crippen LogP contribution in [0, 0.1) is 0 Å². The standard InChI is InChI=1S/C25H20N2O2/c28-25(21-12-9-15-23(18-21)29-24-16-7-8-17-26-24)27(22-13-5-2-6-14-22)19-20-10-3-1-4-11-20/h1-18H,19H2. The molecule has 29 heavy (non-hydrogen) atoms. The summed E-state index contributed by atoms with van der Waals surface area (Å²) in [6.45, 7) is 0.481. The lowest BCUT2D eigenvalue weighted by atomic mass is 10.1. The zero-order valence-corrected chi connectivity index (χ0v) is 15.8. The van der Waals surface area contributed by atoms with Crippen LogP contribution in [-0.2, 0) is 6.54 Å². The van der Waals surface area contributed by atoms with E-state index in [4.69, 9.17) is 4.74 Å². The first-order chi connectivity index (χ1) is 14.3. The van der Waals surface area contributed by atoms with E-state index in [-0.39, 0.29) is 5.91 Å². The molecule has 0 N–H and O–H groups in total. The second kappa shape index (κ2) is 8.85. The van der Waals surface area contributed by atoms with E-state index in [1.165, 1.54) is 0 Å². The molecule has 0 fully saturated rings. The fourth-order valence-electron chi connectivity index (χ4n) is 3.03. The van der Waals surface area contributed by atoms with E-state index < -0.39 is 0 Å². The predicted octanol–water partition coefficient (Wildman–Crippen LogP) is 5.72. The van der Waals surface area contributed by atoms with Crippen LogP contribution in [0.1, 0.15) is 15.9 Å². The molecule has 0 aliphatic heterocycles. The average Bonchev–Trinajstić information content (AvgIpc) is 2.79. The minimum Gasteiger partial charge on any atom is -0.439 e. The van der Waals surface area contributed by atoms with Gasteiger partial charge in [-0.3, -0.25) is 4.79 Å². The predicted molar refractivity (Wildman–Crippen MR) is 114 cm³/mol. The van der Waals surface area contributed by atoms with E-state index in [0.717, 1.165) is 11.3 Å². The number of aromatic nitrogens is 1. The van der Waals surface area contributed by atoms with Crippen molar-refractivity contribution >= 4 is 11.6 Å². The van der Waals surface area contributed by atoms with E-state index in [1.807, 2.05) is 84.9 Å². The summed E-state index contributed by atoms with van der Waals surface area (Å²) in [5.41, 5.74) is 2.46. The van der Waals surface area contributed by atoms with Crippen molar-refractivity contribution in [3.05, 3.63) is 120 Å². The van der Waals surface area contributed by atoms with Crippen LogP contribution in [0.4, 0.5) is 5.69 Å². The van der Waals surface area contributed by atoms with Gasteiger partial charge in [0, 0.05) is 23.5 Å². The number of para-hydroxylation sites is 1. The highest BCUT2D eigenvalue weighted by Gasteiger charge is 2.18. The van der Waals surface area contributed by atoms with Crippen molar-refractivity contribution in [2.45, 2.75) is 6.54 Å². The fraction of sp³-hybridized carbons (Fsp3) is 0.0400. The van der Waals surface area contributed by atoms with Gasteiger partial charge in [0.05, 0.1) is 6.54 Å². The average molecular weight is 380 g/mol. The molecule has 0 saturated carbocycles. The van der Waals surface area contributed by atoms with E-state index >= 15 is 0 Å². The topological polar surface area (TPSA) is 42.4 Å². The first-order valence-electron chi connectivity index (χ1n) is 9.39. The molecule has 0 radical (unpaired) electrons. The Labute approximate surface area is 170 Å². The van der Waals surface area contributed by atoms with Gasteiger partial charge in [0.15, 0.2) is 0 Å². The summed E-state index contributed by atoms with van der Waals surface area (Å²) in [4.78, 5) is 19.4. The monoisotopic (exact) mass is 380 g/mol. The molecule has 0 atom stereocenters. The number of amides is 1. The van der Waals surface area contributed by atoms with Crippen LogP contribution < -0.4 is 9.64 Å². The Morgan fingerprint density at radius 3 is 2.24 bits per heavy atom. The van der Waals surface area contributed by atoms with Crippen molar-refractivity contribution in [1.29, 1.82) is 0 Å². The fourth-order valence-corrected chi connectivity index (χ4v) is 3.03. The highest BCUT2D eigenvalue weighted by atomic mass is 16.5. The minimum absolute atomic E-state index is 0.0912. The van der Waals surface area contributed by atoms with Crippen LogP contribution >= 0.6 is 0 Å². The van der Waals surface area contributed by atoms with Gasteiger partial charge in [0.25, 0.3) is 5.91 Å². The molecule has 0 aliphatic carbocycles. The van der Waals surface area contributed by atoms with Crippen LogP contribution in [0.3, 0.4) is 0 Å². The summed E-state index contributed by atoms with van der Waals surface area (Å²) in [6, 6.07) is 32.3. The van der Waals surface area contributed by atoms with Crippen molar-refractivity contribution in [2.24, 2.45) is 0 Å². The SMILES string of the molecule is O=C(c1cccc(Oc2ccccn2)c1)N(Cc1ccccc1)c1ccccc1. The molecular formula is C25H20N2O2. The van der Waals surface area contributed by atoms with Crippen LogP contribution in [0.2, 0.25) is 0 Å². The lowest BCUT2D eigenvalue weighted by Gasteiger charge is -2.23. The Bertz CT molecular complexity index is 1070. The van der Waals surface area contributed by atoms with E-state index in [0.29, 0.717) is 23.7 Å². The number of ether oxygens (including phenoxy) is 1. The van der Waals surface area contributed by atoms with E-state index in [2.05, 4.69) is 4.98 Å². The number of benzene rings is 3. The summed E-state index contributed by atoms with van der Waals surface area (Å²) in [7, 11) is 0. The third-order valence-electron chi connectivity index (χ3n) is 4.44. The molecule has 1 amide bonds. The third-order valence-corrected chi connectivity index (χ3v) is 4.44. The smallest absolute Gasteiger partial charge is 0.258 e. The van der Waals surface area contributed by atoms with Gasteiger partial charge >= 0.3 is 0 Å². The largest absolute Gasteiger partial charge is 0.439 e. The van der Waals surface area contributed by atoms with Crippen molar-refractivity contribution < 1.29 is 9.53 Å². The highest BCUT2D eigenvalue weighted by Crippen LogP contribution is 2.24. The van der Waals surface area contributed by atoms with Crippen LogP contribution in [0.15, 0.2) is 109 Å². The maximum absolute atomic E-state index is 13.4. The summed E-state index contributed by atoms with van der Waals surface area (Å²) in [5, 5.41) is 0. The first kappa shape index (κ1) is 18.4. The van der Waals surface area contributed by atoms with Gasteiger partial charge in [0.2, 0.25) is 5.88 Å². The number of carbonyl (C=O) groups excluding carboxylic acids is 1. The molecule has 1 heterocycles. The molecular weight excluding hydrogens is 360 g/mol. The Morgan fingerprint density at radius 2 is 1.52 bits per heavy atom. The molecule has 142 valence electrons. The molecule has 4 nitrogen and oxygen atoms in total. The molecule has 4 heteroatoms. The quantitative estimate of drug-likeness (QED) is 0.429. The van der Waals surface area contributed by atoms with Gasteiger partial charge in [-0.15, -0.1) is 0 Å². The van der Waals surface area contributed by atoms with Crippen molar-refractivity contribution in [1.82, 2.24) is 4.98 Å². The Balaban J connectivity index is 1.63. The third kappa shape index (κ3) is 4.68. The van der Waals surface area contributed by atoms with E-state index in [9.17, 15) is 4.79 Å². The highest BCUT2D eigenvalue weighted by molar-refractivity contribution is 6.06. The zero-order chi connectivity index (χ0) is 19.9. The van der Waals surface area contributed by atoms with Gasteiger partial charge in [-0.2, -0.15) is 0 Å². The Morgan fingerprint density at radius 1 is 0.793 bits per heavy atom. The molecule has 3 aromatic carbocycles. The zero-order valence-electron chi connectivity index (χ0n) is 15.8. The van der Waals surface area contributed by atoms with Gasteiger partial charge in [-0.1, -0.05) is 60.7 Å². The van der Waals surface area contributed by atoms with Crippen molar-refractivity contribution in [3.8, 4) is 11.6 Å². The Kier molecular flexibility index (Phi) is 5.63. The molecule has 0 bridgehead atoms. The number of hydrogen-bond acceptors (Lipinski definition) is 3. The maximum atomic E-state index is 13.4. The molecule has 1 aromatic heterocycles.